The molecule has 1 unspecified atom stereocenters. The SMILES string of the molecule is CC(Br)C(=O)CCC=O. The fourth-order valence-electron chi connectivity index (χ4n) is 0.400. The summed E-state index contributed by atoms with van der Waals surface area (Å²) in [5.41, 5.74) is 0. The molecule has 0 rings (SSSR count). The van der Waals surface area contributed by atoms with Crippen LogP contribution in [0, 0.1) is 0 Å². The molecule has 9 heavy (non-hydrogen) atoms. The smallest absolute Gasteiger partial charge is 0.146 e. The van der Waals surface area contributed by atoms with Crippen LogP contribution in [-0.2, 0) is 9.59 Å². The fourth-order valence-corrected chi connectivity index (χ4v) is 0.629. The Morgan fingerprint density at radius 2 is 2.33 bits per heavy atom. The van der Waals surface area contributed by atoms with Crippen LogP contribution >= 0.6 is 15.9 Å². The van der Waals surface area contributed by atoms with Crippen LogP contribution in [0.2, 0.25) is 0 Å². The molecular formula is C6H9BrO2. The maximum atomic E-state index is 10.7. The summed E-state index contributed by atoms with van der Waals surface area (Å²) in [6.45, 7) is 1.76. The second kappa shape index (κ2) is 4.68. The standard InChI is InChI=1S/C6H9BrO2/c1-5(7)6(9)3-2-4-8/h4-5H,2-3H2,1H3. The lowest BCUT2D eigenvalue weighted by Crippen LogP contribution is -2.08. The second-order valence-electron chi connectivity index (χ2n) is 1.79. The number of carbonyl (C=O) groups excluding carboxylic acids is 2. The molecule has 52 valence electrons. The van der Waals surface area contributed by atoms with E-state index in [0.717, 1.165) is 6.29 Å². The highest BCUT2D eigenvalue weighted by Gasteiger charge is 2.06. The third kappa shape index (κ3) is 4.33. The van der Waals surface area contributed by atoms with Gasteiger partial charge in [0.05, 0.1) is 4.83 Å². The fraction of sp³-hybridized carbons (Fsp3) is 0.667. The van der Waals surface area contributed by atoms with E-state index in [2.05, 4.69) is 15.9 Å². The largest absolute Gasteiger partial charge is 0.303 e. The minimum Gasteiger partial charge on any atom is -0.303 e. The molecular weight excluding hydrogens is 184 g/mol. The average Bonchev–Trinajstić information content (AvgIpc) is 1.82. The van der Waals surface area contributed by atoms with Crippen molar-refractivity contribution in [3.05, 3.63) is 0 Å². The molecule has 0 aromatic rings. The van der Waals surface area contributed by atoms with Crippen molar-refractivity contribution in [2.45, 2.75) is 24.6 Å². The topological polar surface area (TPSA) is 34.1 Å². The van der Waals surface area contributed by atoms with Gasteiger partial charge in [-0.05, 0) is 6.92 Å². The van der Waals surface area contributed by atoms with Crippen LogP contribution in [0.15, 0.2) is 0 Å². The first-order valence-corrected chi connectivity index (χ1v) is 3.70. The number of alkyl halides is 1. The molecule has 0 aromatic carbocycles. The molecule has 0 aromatic heterocycles. The molecule has 0 amide bonds. The van der Waals surface area contributed by atoms with Crippen molar-refractivity contribution in [3.8, 4) is 0 Å². The molecule has 0 radical (unpaired) electrons. The van der Waals surface area contributed by atoms with Crippen molar-refractivity contribution >= 4 is 28.0 Å². The molecule has 0 aliphatic heterocycles. The Morgan fingerprint density at radius 1 is 1.78 bits per heavy atom. The van der Waals surface area contributed by atoms with E-state index >= 15 is 0 Å². The van der Waals surface area contributed by atoms with Gasteiger partial charge in [-0.2, -0.15) is 0 Å². The molecule has 0 saturated heterocycles. The number of halogens is 1. The van der Waals surface area contributed by atoms with E-state index < -0.39 is 0 Å². The van der Waals surface area contributed by atoms with Crippen molar-refractivity contribution in [2.24, 2.45) is 0 Å². The van der Waals surface area contributed by atoms with Crippen molar-refractivity contribution in [3.63, 3.8) is 0 Å². The van der Waals surface area contributed by atoms with Crippen molar-refractivity contribution in [2.75, 3.05) is 0 Å². The summed E-state index contributed by atoms with van der Waals surface area (Å²) < 4.78 is 0. The van der Waals surface area contributed by atoms with Gasteiger partial charge in [-0.1, -0.05) is 15.9 Å². The zero-order valence-corrected chi connectivity index (χ0v) is 6.85. The monoisotopic (exact) mass is 192 g/mol. The Hall–Kier alpha value is -0.180. The molecule has 0 spiro atoms. The van der Waals surface area contributed by atoms with Gasteiger partial charge in [0.25, 0.3) is 0 Å². The van der Waals surface area contributed by atoms with Crippen LogP contribution in [0.3, 0.4) is 0 Å². The molecule has 3 heteroatoms. The van der Waals surface area contributed by atoms with Gasteiger partial charge in [0.15, 0.2) is 0 Å². The van der Waals surface area contributed by atoms with E-state index in [1.807, 2.05) is 0 Å². The van der Waals surface area contributed by atoms with Crippen molar-refractivity contribution in [1.82, 2.24) is 0 Å². The van der Waals surface area contributed by atoms with Gasteiger partial charge in [0.1, 0.15) is 12.1 Å². The van der Waals surface area contributed by atoms with E-state index in [9.17, 15) is 9.59 Å². The van der Waals surface area contributed by atoms with Gasteiger partial charge in [0, 0.05) is 12.8 Å². The summed E-state index contributed by atoms with van der Waals surface area (Å²) in [6.07, 6.45) is 1.46. The number of Topliss-reactive ketones (excluding diaryl/α,β-unsaturated/α-hetero) is 1. The van der Waals surface area contributed by atoms with Crippen LogP contribution in [0.5, 0.6) is 0 Å². The third-order valence-corrected chi connectivity index (χ3v) is 1.46. The molecule has 0 heterocycles. The number of ketones is 1. The predicted octanol–water partition coefficient (Wildman–Crippen LogP) is 1.32. The van der Waals surface area contributed by atoms with E-state index in [-0.39, 0.29) is 10.6 Å². The van der Waals surface area contributed by atoms with E-state index in [4.69, 9.17) is 0 Å². The first-order valence-electron chi connectivity index (χ1n) is 2.79. The maximum absolute atomic E-state index is 10.7. The van der Waals surface area contributed by atoms with Crippen LogP contribution < -0.4 is 0 Å². The van der Waals surface area contributed by atoms with Crippen LogP contribution in [-0.4, -0.2) is 16.9 Å². The highest BCUT2D eigenvalue weighted by Crippen LogP contribution is 2.02. The predicted molar refractivity (Wildman–Crippen MR) is 38.7 cm³/mol. The Kier molecular flexibility index (Phi) is 4.58. The summed E-state index contributed by atoms with van der Waals surface area (Å²) >= 11 is 3.10. The first-order chi connectivity index (χ1) is 4.18. The van der Waals surface area contributed by atoms with Gasteiger partial charge in [-0.25, -0.2) is 0 Å². The molecule has 0 aliphatic carbocycles. The van der Waals surface area contributed by atoms with Crippen LogP contribution in [0.25, 0.3) is 0 Å². The Labute approximate surface area is 62.8 Å². The van der Waals surface area contributed by atoms with E-state index in [0.29, 0.717) is 12.8 Å². The maximum Gasteiger partial charge on any atom is 0.146 e. The lowest BCUT2D eigenvalue weighted by molar-refractivity contribution is -0.119. The summed E-state index contributed by atoms with van der Waals surface area (Å²) in [5.74, 6) is 0.0853. The highest BCUT2D eigenvalue weighted by molar-refractivity contribution is 9.10. The molecule has 0 saturated carbocycles. The number of carbonyl (C=O) groups is 2. The summed E-state index contributed by atoms with van der Waals surface area (Å²) in [4.78, 5) is 20.3. The minimum atomic E-state index is -0.113. The lowest BCUT2D eigenvalue weighted by atomic mass is 10.2. The average molecular weight is 193 g/mol. The number of hydrogen-bond donors (Lipinski definition) is 0. The molecule has 2 nitrogen and oxygen atoms in total. The summed E-state index contributed by atoms with van der Waals surface area (Å²) in [6, 6.07) is 0. The van der Waals surface area contributed by atoms with Gasteiger partial charge < -0.3 is 4.79 Å². The Balaban J connectivity index is 3.38. The first kappa shape index (κ1) is 8.82. The zero-order valence-electron chi connectivity index (χ0n) is 5.26. The summed E-state index contributed by atoms with van der Waals surface area (Å²) in [5, 5.41) is 0. The quantitative estimate of drug-likeness (QED) is 0.498. The third-order valence-electron chi connectivity index (χ3n) is 0.952. The number of hydrogen-bond acceptors (Lipinski definition) is 2. The van der Waals surface area contributed by atoms with Gasteiger partial charge in [0.2, 0.25) is 0 Å². The molecule has 1 atom stereocenters. The van der Waals surface area contributed by atoms with Crippen LogP contribution in [0.4, 0.5) is 0 Å². The van der Waals surface area contributed by atoms with Gasteiger partial charge in [-0.3, -0.25) is 4.79 Å². The Morgan fingerprint density at radius 3 is 2.67 bits per heavy atom. The zero-order chi connectivity index (χ0) is 7.28. The highest BCUT2D eigenvalue weighted by atomic mass is 79.9. The van der Waals surface area contributed by atoms with Crippen LogP contribution in [0.1, 0.15) is 19.8 Å². The molecule has 0 fully saturated rings. The van der Waals surface area contributed by atoms with Crippen molar-refractivity contribution < 1.29 is 9.59 Å². The molecule has 0 aliphatic rings. The minimum absolute atomic E-state index is 0.0853. The van der Waals surface area contributed by atoms with E-state index in [1.54, 1.807) is 6.92 Å². The normalized spacial score (nSPS) is 12.7. The van der Waals surface area contributed by atoms with Gasteiger partial charge >= 0.3 is 0 Å². The number of aldehydes is 1. The lowest BCUT2D eigenvalue weighted by Gasteiger charge is -1.96. The molecule has 0 bridgehead atoms. The van der Waals surface area contributed by atoms with Gasteiger partial charge in [-0.15, -0.1) is 0 Å². The Bertz CT molecular complexity index is 110. The summed E-state index contributed by atoms with van der Waals surface area (Å²) in [7, 11) is 0. The van der Waals surface area contributed by atoms with Crippen molar-refractivity contribution in [1.29, 1.82) is 0 Å². The number of rotatable bonds is 4. The van der Waals surface area contributed by atoms with E-state index in [1.165, 1.54) is 0 Å². The second-order valence-corrected chi connectivity index (χ2v) is 3.16. The molecule has 0 N–H and O–H groups in total.